The quantitative estimate of drug-likeness (QED) is 0.394. The van der Waals surface area contributed by atoms with Crippen molar-refractivity contribution in [2.24, 2.45) is 5.84 Å². The van der Waals surface area contributed by atoms with Crippen molar-refractivity contribution in [3.63, 3.8) is 0 Å². The number of nitrogens with zero attached hydrogens (tertiary/aromatic N) is 3. The van der Waals surface area contributed by atoms with Gasteiger partial charge in [-0.15, -0.1) is 0 Å². The summed E-state index contributed by atoms with van der Waals surface area (Å²) in [7, 11) is 1.53. The Labute approximate surface area is 79.0 Å². The zero-order chi connectivity index (χ0) is 10.0. The minimum atomic E-state index is -2.22. The first-order chi connectivity index (χ1) is 6.02. The van der Waals surface area contributed by atoms with E-state index < -0.39 is 10.3 Å². The molecule has 0 aromatic carbocycles. The van der Waals surface area contributed by atoms with Gasteiger partial charge in [-0.25, -0.2) is 15.0 Å². The Kier molecular flexibility index (Phi) is 3.40. The van der Waals surface area contributed by atoms with Gasteiger partial charge in [0.05, 0.1) is 6.54 Å². The van der Waals surface area contributed by atoms with Crippen molar-refractivity contribution in [1.29, 1.82) is 0 Å². The lowest BCUT2D eigenvalue weighted by atomic mass is 10.4. The lowest BCUT2D eigenvalue weighted by Crippen LogP contribution is -2.56. The highest BCUT2D eigenvalue weighted by atomic mass is 32.2. The van der Waals surface area contributed by atoms with Gasteiger partial charge in [0.25, 0.3) is 0 Å². The molecule has 0 aliphatic carbocycles. The van der Waals surface area contributed by atoms with Gasteiger partial charge in [-0.05, 0) is 0 Å². The Balaban J connectivity index is 2.82. The molecule has 0 bridgehead atoms. The highest BCUT2D eigenvalue weighted by Gasteiger charge is 2.22. The molecule has 1 heterocycles. The Bertz CT molecular complexity index is 303. The van der Waals surface area contributed by atoms with E-state index in [2.05, 4.69) is 0 Å². The van der Waals surface area contributed by atoms with Crippen molar-refractivity contribution in [2.45, 2.75) is 0 Å². The first kappa shape index (κ1) is 10.6. The molecule has 0 aromatic heterocycles. The second kappa shape index (κ2) is 4.16. The average Bonchev–Trinajstić information content (AvgIpc) is 2.04. The van der Waals surface area contributed by atoms with Crippen LogP contribution < -0.4 is 5.84 Å². The molecule has 0 radical (unpaired) electrons. The van der Waals surface area contributed by atoms with Crippen LogP contribution in [0.3, 0.4) is 0 Å². The van der Waals surface area contributed by atoms with Crippen LogP contribution in [0.4, 0.5) is 0 Å². The summed E-state index contributed by atoms with van der Waals surface area (Å²) < 4.78 is 21.5. The van der Waals surface area contributed by atoms with E-state index in [0.717, 1.165) is 6.54 Å². The second-order valence-electron chi connectivity index (χ2n) is 3.06. The molecule has 1 aliphatic rings. The van der Waals surface area contributed by atoms with E-state index in [1.165, 1.54) is 5.01 Å². The van der Waals surface area contributed by atoms with Gasteiger partial charge >= 0.3 is 0 Å². The molecular weight excluding hydrogens is 192 g/mol. The van der Waals surface area contributed by atoms with Gasteiger partial charge in [0.1, 0.15) is 4.99 Å². The fourth-order valence-corrected chi connectivity index (χ4v) is 1.70. The topological polar surface area (TPSA) is 69.9 Å². The highest BCUT2D eigenvalue weighted by Crippen LogP contribution is 2.00. The van der Waals surface area contributed by atoms with Crippen LogP contribution in [0.15, 0.2) is 0 Å². The molecule has 0 amide bonds. The largest absolute Gasteiger partial charge is 0.264 e. The van der Waals surface area contributed by atoms with E-state index in [9.17, 15) is 8.42 Å². The molecule has 13 heavy (non-hydrogen) atoms. The number of rotatable bonds is 1. The Morgan fingerprint density at radius 1 is 1.38 bits per heavy atom. The summed E-state index contributed by atoms with van der Waals surface area (Å²) in [6, 6.07) is 0. The van der Waals surface area contributed by atoms with Crippen molar-refractivity contribution >= 4 is 15.3 Å². The van der Waals surface area contributed by atoms with Crippen LogP contribution >= 0.6 is 0 Å². The fraction of sp³-hybridized carbons (Fsp3) is 0.833. The van der Waals surface area contributed by atoms with Gasteiger partial charge in [-0.3, -0.25) is 5.84 Å². The molecule has 0 saturated carbocycles. The monoisotopic (exact) mass is 206 g/mol. The molecular formula is C6H14N4O2S. The third kappa shape index (κ3) is 2.48. The number of hydrazine groups is 2. The highest BCUT2D eigenvalue weighted by molar-refractivity contribution is 7.72. The second-order valence-corrected chi connectivity index (χ2v) is 4.00. The van der Waals surface area contributed by atoms with Crippen LogP contribution in [-0.2, 0) is 10.3 Å². The van der Waals surface area contributed by atoms with E-state index in [1.54, 1.807) is 0 Å². The van der Waals surface area contributed by atoms with E-state index >= 15 is 0 Å². The molecule has 1 fully saturated rings. The Morgan fingerprint density at radius 3 is 2.46 bits per heavy atom. The Morgan fingerprint density at radius 2 is 2.00 bits per heavy atom. The molecule has 7 heteroatoms. The van der Waals surface area contributed by atoms with Gasteiger partial charge in [0, 0.05) is 27.2 Å². The smallest absolute Gasteiger partial charge is 0.231 e. The summed E-state index contributed by atoms with van der Waals surface area (Å²) in [4.78, 5) is 0.236. The van der Waals surface area contributed by atoms with Crippen LogP contribution in [0.1, 0.15) is 0 Å². The van der Waals surface area contributed by atoms with Crippen molar-refractivity contribution in [1.82, 2.24) is 15.0 Å². The van der Waals surface area contributed by atoms with E-state index in [-0.39, 0.29) is 4.99 Å². The standard InChI is InChI=1S/C6H14N4O2S/c1-8(2)9-3-4-10(7)6(5-9)13(11)12/h3-5,7H2,1-2H3. The normalized spacial score (nSPS) is 21.1. The molecule has 0 unspecified atom stereocenters. The SMILES string of the molecule is CN(C)N1CCN(N)C(=S(=O)=O)C1. The molecule has 76 valence electrons. The Hall–Kier alpha value is -0.470. The maximum Gasteiger partial charge on any atom is 0.231 e. The maximum atomic E-state index is 10.7. The summed E-state index contributed by atoms with van der Waals surface area (Å²) in [6.07, 6.45) is 0. The van der Waals surface area contributed by atoms with Crippen LogP contribution in [0, 0.1) is 0 Å². The number of hydrogen-bond acceptors (Lipinski definition) is 5. The zero-order valence-electron chi connectivity index (χ0n) is 7.77. The lowest BCUT2D eigenvalue weighted by molar-refractivity contribution is 0.0232. The summed E-state index contributed by atoms with van der Waals surface area (Å²) in [5, 5.41) is 5.05. The molecule has 1 saturated heterocycles. The van der Waals surface area contributed by atoms with Gasteiger partial charge in [0.15, 0.2) is 0 Å². The molecule has 1 aliphatic heterocycles. The maximum absolute atomic E-state index is 10.7. The molecule has 0 atom stereocenters. The summed E-state index contributed by atoms with van der Waals surface area (Å²) >= 11 is 0. The fourth-order valence-electron chi connectivity index (χ4n) is 1.16. The van der Waals surface area contributed by atoms with Crippen LogP contribution in [0.25, 0.3) is 0 Å². The van der Waals surface area contributed by atoms with Gasteiger partial charge in [0.2, 0.25) is 10.3 Å². The third-order valence-electron chi connectivity index (χ3n) is 2.00. The summed E-state index contributed by atoms with van der Waals surface area (Å²) in [6.45, 7) is 1.62. The van der Waals surface area contributed by atoms with Crippen molar-refractivity contribution in [2.75, 3.05) is 33.7 Å². The van der Waals surface area contributed by atoms with E-state index in [1.807, 2.05) is 24.1 Å². The zero-order valence-corrected chi connectivity index (χ0v) is 8.58. The van der Waals surface area contributed by atoms with Crippen molar-refractivity contribution < 1.29 is 8.42 Å². The van der Waals surface area contributed by atoms with Crippen molar-refractivity contribution in [3.8, 4) is 0 Å². The minimum absolute atomic E-state index is 0.236. The molecule has 0 aromatic rings. The van der Waals surface area contributed by atoms with Crippen LogP contribution in [-0.4, -0.2) is 62.2 Å². The first-order valence-corrected chi connectivity index (χ1v) is 4.99. The number of piperazine rings is 1. The van der Waals surface area contributed by atoms with Gasteiger partial charge in [-0.2, -0.15) is 8.42 Å². The predicted octanol–water partition coefficient (Wildman–Crippen LogP) is -2.04. The molecule has 6 nitrogen and oxygen atoms in total. The minimum Gasteiger partial charge on any atom is -0.264 e. The van der Waals surface area contributed by atoms with Gasteiger partial charge < -0.3 is 0 Å². The summed E-state index contributed by atoms with van der Waals surface area (Å²) in [5.41, 5.74) is 0. The lowest BCUT2D eigenvalue weighted by Gasteiger charge is -2.35. The van der Waals surface area contributed by atoms with E-state index in [0.29, 0.717) is 13.1 Å². The number of hydrogen-bond donors (Lipinski definition) is 1. The third-order valence-corrected chi connectivity index (χ3v) is 2.74. The first-order valence-electron chi connectivity index (χ1n) is 3.92. The predicted molar refractivity (Wildman–Crippen MR) is 50.1 cm³/mol. The van der Waals surface area contributed by atoms with Crippen molar-refractivity contribution in [3.05, 3.63) is 0 Å². The van der Waals surface area contributed by atoms with Gasteiger partial charge in [-0.1, -0.05) is 0 Å². The molecule has 0 spiro atoms. The van der Waals surface area contributed by atoms with E-state index in [4.69, 9.17) is 5.84 Å². The molecule has 2 N–H and O–H groups in total. The summed E-state index contributed by atoms with van der Waals surface area (Å²) in [5.74, 6) is 5.50. The number of nitrogens with two attached hydrogens (primary N) is 1. The average molecular weight is 206 g/mol. The van der Waals surface area contributed by atoms with Crippen LogP contribution in [0.5, 0.6) is 0 Å². The molecule has 1 rings (SSSR count). The van der Waals surface area contributed by atoms with Crippen LogP contribution in [0.2, 0.25) is 0 Å².